The third-order valence-electron chi connectivity index (χ3n) is 2.76. The highest BCUT2D eigenvalue weighted by Crippen LogP contribution is 2.25. The van der Waals surface area contributed by atoms with Gasteiger partial charge in [-0.05, 0) is 56.7 Å². The molecule has 0 N–H and O–H groups in total. The van der Waals surface area contributed by atoms with Gasteiger partial charge in [-0.3, -0.25) is 0 Å². The van der Waals surface area contributed by atoms with E-state index in [4.69, 9.17) is 16.3 Å². The summed E-state index contributed by atoms with van der Waals surface area (Å²) in [5, 5.41) is 0.195. The van der Waals surface area contributed by atoms with Gasteiger partial charge in [-0.25, -0.2) is 0 Å². The van der Waals surface area contributed by atoms with Gasteiger partial charge in [-0.15, -0.1) is 0 Å². The zero-order chi connectivity index (χ0) is 13.0. The molecule has 0 amide bonds. The number of allylic oxidation sites excluding steroid dienone is 2. The van der Waals surface area contributed by atoms with Crippen molar-refractivity contribution < 1.29 is 4.74 Å². The summed E-state index contributed by atoms with van der Waals surface area (Å²) in [5.41, 5.74) is 1.16. The lowest BCUT2D eigenvalue weighted by Gasteiger charge is -2.09. The van der Waals surface area contributed by atoms with Gasteiger partial charge in [-0.1, -0.05) is 12.5 Å². The number of aromatic nitrogens is 3. The van der Waals surface area contributed by atoms with Crippen LogP contribution in [-0.2, 0) is 0 Å². The van der Waals surface area contributed by atoms with Crippen molar-refractivity contribution in [1.82, 2.24) is 15.0 Å². The van der Waals surface area contributed by atoms with Crippen molar-refractivity contribution in [3.63, 3.8) is 0 Å². The van der Waals surface area contributed by atoms with Crippen LogP contribution < -0.4 is 4.74 Å². The maximum absolute atomic E-state index is 5.92. The van der Waals surface area contributed by atoms with Crippen LogP contribution in [0.15, 0.2) is 6.08 Å². The van der Waals surface area contributed by atoms with Crippen molar-refractivity contribution in [3.8, 4) is 6.01 Å². The lowest BCUT2D eigenvalue weighted by molar-refractivity contribution is 0.221. The molecule has 18 heavy (non-hydrogen) atoms. The third kappa shape index (κ3) is 3.67. The highest BCUT2D eigenvalue weighted by Gasteiger charge is 2.12. The van der Waals surface area contributed by atoms with Crippen LogP contribution in [0.25, 0.3) is 5.57 Å². The fraction of sp³-hybridized carbons (Fsp3) is 0.615. The maximum Gasteiger partial charge on any atom is 0.321 e. The molecule has 0 aliphatic heterocycles. The molecule has 0 unspecified atom stereocenters. The summed E-state index contributed by atoms with van der Waals surface area (Å²) in [4.78, 5) is 12.5. The quantitative estimate of drug-likeness (QED) is 0.839. The Balaban J connectivity index is 2.26. The molecule has 4 nitrogen and oxygen atoms in total. The second-order valence-electron chi connectivity index (χ2n) is 4.71. The summed E-state index contributed by atoms with van der Waals surface area (Å²) in [6.07, 6.45) is 7.99. The van der Waals surface area contributed by atoms with Gasteiger partial charge in [0.25, 0.3) is 0 Å². The van der Waals surface area contributed by atoms with E-state index < -0.39 is 0 Å². The molecule has 0 spiro atoms. The van der Waals surface area contributed by atoms with Crippen LogP contribution >= 0.6 is 11.6 Å². The summed E-state index contributed by atoms with van der Waals surface area (Å²) in [5.74, 6) is 0.660. The number of halogens is 1. The Bertz CT molecular complexity index is 446. The number of rotatable bonds is 3. The SMILES string of the molecule is CC(C)Oc1nc(Cl)nc(C2=CCCCCC2)n1. The molecular formula is C13H18ClN3O. The monoisotopic (exact) mass is 267 g/mol. The summed E-state index contributed by atoms with van der Waals surface area (Å²) in [6.45, 7) is 3.87. The number of hydrogen-bond donors (Lipinski definition) is 0. The molecule has 0 saturated heterocycles. The molecule has 1 heterocycles. The Morgan fingerprint density at radius 3 is 2.78 bits per heavy atom. The molecule has 98 valence electrons. The Labute approximate surface area is 112 Å². The molecule has 0 radical (unpaired) electrons. The summed E-state index contributed by atoms with van der Waals surface area (Å²) >= 11 is 5.92. The van der Waals surface area contributed by atoms with Crippen molar-refractivity contribution in [1.29, 1.82) is 0 Å². The van der Waals surface area contributed by atoms with Crippen LogP contribution in [0.2, 0.25) is 5.28 Å². The third-order valence-corrected chi connectivity index (χ3v) is 2.93. The van der Waals surface area contributed by atoms with Crippen LogP contribution in [0.5, 0.6) is 6.01 Å². The number of hydrogen-bond acceptors (Lipinski definition) is 4. The zero-order valence-electron chi connectivity index (χ0n) is 10.8. The molecule has 2 rings (SSSR count). The zero-order valence-corrected chi connectivity index (χ0v) is 11.6. The summed E-state index contributed by atoms with van der Waals surface area (Å²) < 4.78 is 5.48. The standard InChI is InChI=1S/C13H18ClN3O/c1-9(2)18-13-16-11(15-12(14)17-13)10-7-5-3-4-6-8-10/h7,9H,3-6,8H2,1-2H3. The van der Waals surface area contributed by atoms with Gasteiger partial charge < -0.3 is 4.74 Å². The summed E-state index contributed by atoms with van der Waals surface area (Å²) in [7, 11) is 0. The van der Waals surface area contributed by atoms with Gasteiger partial charge in [0.05, 0.1) is 6.10 Å². The Morgan fingerprint density at radius 1 is 1.17 bits per heavy atom. The van der Waals surface area contributed by atoms with Gasteiger partial charge in [0.2, 0.25) is 5.28 Å². The highest BCUT2D eigenvalue weighted by atomic mass is 35.5. The molecular weight excluding hydrogens is 250 g/mol. The number of nitrogens with zero attached hydrogens (tertiary/aromatic N) is 3. The smallest absolute Gasteiger partial charge is 0.321 e. The Morgan fingerprint density at radius 2 is 2.00 bits per heavy atom. The molecule has 0 atom stereocenters. The predicted octanol–water partition coefficient (Wildman–Crippen LogP) is 3.66. The van der Waals surface area contributed by atoms with Crippen molar-refractivity contribution in [2.24, 2.45) is 0 Å². The molecule has 1 aliphatic carbocycles. The molecule has 0 saturated carbocycles. The van der Waals surface area contributed by atoms with E-state index in [-0.39, 0.29) is 11.4 Å². The number of ether oxygens (including phenoxy) is 1. The fourth-order valence-corrected chi connectivity index (χ4v) is 2.11. The molecule has 0 bridgehead atoms. The maximum atomic E-state index is 5.92. The van der Waals surface area contributed by atoms with Crippen molar-refractivity contribution in [3.05, 3.63) is 17.2 Å². The van der Waals surface area contributed by atoms with E-state index in [0.29, 0.717) is 11.8 Å². The topological polar surface area (TPSA) is 47.9 Å². The van der Waals surface area contributed by atoms with E-state index in [1.807, 2.05) is 13.8 Å². The van der Waals surface area contributed by atoms with E-state index in [0.717, 1.165) is 18.4 Å². The molecule has 1 aliphatic rings. The average molecular weight is 268 g/mol. The lowest BCUT2D eigenvalue weighted by atomic mass is 10.1. The molecule has 1 aromatic rings. The highest BCUT2D eigenvalue weighted by molar-refractivity contribution is 6.28. The van der Waals surface area contributed by atoms with Crippen LogP contribution in [-0.4, -0.2) is 21.1 Å². The van der Waals surface area contributed by atoms with E-state index in [2.05, 4.69) is 21.0 Å². The second-order valence-corrected chi connectivity index (χ2v) is 5.04. The average Bonchev–Trinajstić information content (AvgIpc) is 2.55. The van der Waals surface area contributed by atoms with Crippen molar-refractivity contribution in [2.75, 3.05) is 0 Å². The van der Waals surface area contributed by atoms with Gasteiger partial charge in [0.15, 0.2) is 5.82 Å². The fourth-order valence-electron chi connectivity index (χ4n) is 1.96. The molecule has 0 fully saturated rings. The van der Waals surface area contributed by atoms with E-state index in [9.17, 15) is 0 Å². The van der Waals surface area contributed by atoms with Gasteiger partial charge in [0.1, 0.15) is 0 Å². The minimum atomic E-state index is 0.0272. The van der Waals surface area contributed by atoms with Gasteiger partial charge >= 0.3 is 6.01 Å². The molecule has 0 aromatic carbocycles. The predicted molar refractivity (Wildman–Crippen MR) is 71.7 cm³/mol. The van der Waals surface area contributed by atoms with Gasteiger partial charge in [-0.2, -0.15) is 15.0 Å². The first-order valence-corrected chi connectivity index (χ1v) is 6.80. The largest absolute Gasteiger partial charge is 0.461 e. The lowest BCUT2D eigenvalue weighted by Crippen LogP contribution is -2.10. The van der Waals surface area contributed by atoms with Crippen LogP contribution in [0.4, 0.5) is 0 Å². The van der Waals surface area contributed by atoms with Crippen molar-refractivity contribution >= 4 is 17.2 Å². The normalized spacial score (nSPS) is 16.3. The Hall–Kier alpha value is -1.16. The first kappa shape index (κ1) is 13.3. The Kier molecular flexibility index (Phi) is 4.53. The van der Waals surface area contributed by atoms with E-state index >= 15 is 0 Å². The van der Waals surface area contributed by atoms with Crippen LogP contribution in [0.3, 0.4) is 0 Å². The first-order valence-electron chi connectivity index (χ1n) is 6.43. The minimum absolute atomic E-state index is 0.0272. The molecule has 1 aromatic heterocycles. The van der Waals surface area contributed by atoms with Crippen LogP contribution in [0, 0.1) is 0 Å². The van der Waals surface area contributed by atoms with Crippen LogP contribution in [0.1, 0.15) is 51.8 Å². The van der Waals surface area contributed by atoms with Crippen molar-refractivity contribution in [2.45, 2.75) is 52.1 Å². The molecule has 5 heteroatoms. The summed E-state index contributed by atoms with van der Waals surface area (Å²) in [6, 6.07) is 0.310. The first-order chi connectivity index (χ1) is 8.65. The van der Waals surface area contributed by atoms with E-state index in [1.165, 1.54) is 19.3 Å². The van der Waals surface area contributed by atoms with Gasteiger partial charge in [0, 0.05) is 0 Å². The minimum Gasteiger partial charge on any atom is -0.461 e. The van der Waals surface area contributed by atoms with E-state index in [1.54, 1.807) is 0 Å². The second kappa shape index (κ2) is 6.14.